The van der Waals surface area contributed by atoms with Gasteiger partial charge in [-0.1, -0.05) is 25.5 Å². The molecule has 0 saturated heterocycles. The van der Waals surface area contributed by atoms with Crippen LogP contribution in [0.15, 0.2) is 53.4 Å². The van der Waals surface area contributed by atoms with Crippen LogP contribution < -0.4 is 10.1 Å². The Morgan fingerprint density at radius 3 is 2.29 bits per heavy atom. The van der Waals surface area contributed by atoms with E-state index in [1.165, 1.54) is 12.1 Å². The number of halogens is 2. The number of alkyl halides is 2. The highest BCUT2D eigenvalue weighted by Crippen LogP contribution is 2.18. The highest BCUT2D eigenvalue weighted by molar-refractivity contribution is 7.91. The lowest BCUT2D eigenvalue weighted by atomic mass is 10.1. The van der Waals surface area contributed by atoms with E-state index in [1.807, 2.05) is 24.3 Å². The van der Waals surface area contributed by atoms with E-state index in [0.717, 1.165) is 36.3 Å². The van der Waals surface area contributed by atoms with Gasteiger partial charge in [0.15, 0.2) is 0 Å². The van der Waals surface area contributed by atoms with Crippen LogP contribution in [0.5, 0.6) is 5.75 Å². The van der Waals surface area contributed by atoms with E-state index in [4.69, 9.17) is 4.74 Å². The number of ether oxygens (including phenoxy) is 1. The van der Waals surface area contributed by atoms with Crippen molar-refractivity contribution in [2.75, 3.05) is 13.2 Å². The van der Waals surface area contributed by atoms with Gasteiger partial charge in [-0.15, -0.1) is 0 Å². The van der Waals surface area contributed by atoms with Gasteiger partial charge in [-0.05, 0) is 54.8 Å². The lowest BCUT2D eigenvalue weighted by Crippen LogP contribution is -2.25. The Labute approximate surface area is 163 Å². The smallest absolute Gasteiger partial charge is 0.341 e. The van der Waals surface area contributed by atoms with Crippen molar-refractivity contribution in [2.45, 2.75) is 36.8 Å². The van der Waals surface area contributed by atoms with Gasteiger partial charge in [0.2, 0.25) is 9.84 Å². The molecule has 1 amide bonds. The summed E-state index contributed by atoms with van der Waals surface area (Å²) in [6.07, 6.45) is 2.68. The fourth-order valence-corrected chi connectivity index (χ4v) is 3.13. The monoisotopic (exact) mass is 411 g/mol. The zero-order valence-electron chi connectivity index (χ0n) is 15.5. The molecule has 0 spiro atoms. The van der Waals surface area contributed by atoms with Gasteiger partial charge in [-0.3, -0.25) is 4.79 Å². The average Bonchev–Trinajstić information content (AvgIpc) is 2.69. The second-order valence-corrected chi connectivity index (χ2v) is 8.10. The molecule has 0 radical (unpaired) electrons. The van der Waals surface area contributed by atoms with E-state index in [9.17, 15) is 22.0 Å². The molecule has 0 aromatic heterocycles. The molecule has 2 aromatic rings. The van der Waals surface area contributed by atoms with Crippen LogP contribution in [-0.4, -0.2) is 33.2 Å². The van der Waals surface area contributed by atoms with Crippen LogP contribution in [0.2, 0.25) is 0 Å². The summed E-state index contributed by atoms with van der Waals surface area (Å²) in [4.78, 5) is 11.6. The summed E-state index contributed by atoms with van der Waals surface area (Å²) in [5.74, 6) is -3.09. The third-order valence-electron chi connectivity index (χ3n) is 4.07. The molecule has 0 saturated carbocycles. The van der Waals surface area contributed by atoms with Gasteiger partial charge in [0, 0.05) is 12.1 Å². The SMILES string of the molecule is CCCCOc1ccc(CCNC(=O)c2ccc(S(=O)(=O)C(F)F)cc2)cc1. The van der Waals surface area contributed by atoms with Gasteiger partial charge in [0.25, 0.3) is 5.91 Å². The standard InChI is InChI=1S/C20H23F2NO4S/c1-2-3-14-27-17-8-4-15(5-9-17)12-13-23-19(24)16-6-10-18(11-7-16)28(25,26)20(21)22/h4-11,20H,2-3,12-14H2,1H3,(H,23,24). The molecule has 0 aliphatic heterocycles. The molecule has 1 N–H and O–H groups in total. The van der Waals surface area contributed by atoms with Crippen LogP contribution in [0.4, 0.5) is 8.78 Å². The fourth-order valence-electron chi connectivity index (χ4n) is 2.41. The van der Waals surface area contributed by atoms with Crippen molar-refractivity contribution in [1.29, 1.82) is 0 Å². The number of nitrogens with one attached hydrogen (secondary N) is 1. The van der Waals surface area contributed by atoms with Gasteiger partial charge < -0.3 is 10.1 Å². The van der Waals surface area contributed by atoms with E-state index < -0.39 is 26.4 Å². The Morgan fingerprint density at radius 2 is 1.71 bits per heavy atom. The molecule has 0 aliphatic carbocycles. The third-order valence-corrected chi connectivity index (χ3v) is 5.47. The van der Waals surface area contributed by atoms with E-state index in [0.29, 0.717) is 19.6 Å². The van der Waals surface area contributed by atoms with E-state index in [1.54, 1.807) is 0 Å². The summed E-state index contributed by atoms with van der Waals surface area (Å²) < 4.78 is 53.4. The van der Waals surface area contributed by atoms with Gasteiger partial charge in [0.1, 0.15) is 5.75 Å². The van der Waals surface area contributed by atoms with Gasteiger partial charge >= 0.3 is 5.76 Å². The number of rotatable bonds is 10. The second kappa shape index (κ2) is 10.2. The molecule has 2 aromatic carbocycles. The number of hydrogen-bond acceptors (Lipinski definition) is 4. The molecule has 0 aliphatic rings. The number of hydrogen-bond donors (Lipinski definition) is 1. The number of sulfone groups is 1. The van der Waals surface area contributed by atoms with Crippen molar-refractivity contribution in [3.05, 3.63) is 59.7 Å². The highest BCUT2D eigenvalue weighted by Gasteiger charge is 2.26. The van der Waals surface area contributed by atoms with Crippen molar-refractivity contribution in [2.24, 2.45) is 0 Å². The predicted molar refractivity (Wildman–Crippen MR) is 103 cm³/mol. The van der Waals surface area contributed by atoms with Crippen LogP contribution in [0.25, 0.3) is 0 Å². The number of carbonyl (C=O) groups excluding carboxylic acids is 1. The van der Waals surface area contributed by atoms with Crippen LogP contribution in [0.3, 0.4) is 0 Å². The third kappa shape index (κ3) is 6.02. The molecular weight excluding hydrogens is 388 g/mol. The summed E-state index contributed by atoms with van der Waals surface area (Å²) in [5.41, 5.74) is 1.23. The van der Waals surface area contributed by atoms with E-state index >= 15 is 0 Å². The lowest BCUT2D eigenvalue weighted by molar-refractivity contribution is 0.0954. The molecule has 0 unspecified atom stereocenters. The molecule has 0 fully saturated rings. The fraction of sp³-hybridized carbons (Fsp3) is 0.350. The summed E-state index contributed by atoms with van der Waals surface area (Å²) in [6.45, 7) is 3.16. The molecule has 2 rings (SSSR count). The Kier molecular flexibility index (Phi) is 7.92. The zero-order valence-corrected chi connectivity index (χ0v) is 16.3. The highest BCUT2D eigenvalue weighted by atomic mass is 32.2. The van der Waals surface area contributed by atoms with Crippen molar-refractivity contribution in [3.63, 3.8) is 0 Å². The first-order valence-corrected chi connectivity index (χ1v) is 10.5. The topological polar surface area (TPSA) is 72.5 Å². The molecule has 0 bridgehead atoms. The van der Waals surface area contributed by atoms with E-state index in [2.05, 4.69) is 12.2 Å². The minimum Gasteiger partial charge on any atom is -0.494 e. The van der Waals surface area contributed by atoms with Crippen LogP contribution in [0, 0.1) is 0 Å². The van der Waals surface area contributed by atoms with Crippen LogP contribution in [0.1, 0.15) is 35.7 Å². The van der Waals surface area contributed by atoms with Crippen molar-refractivity contribution < 1.29 is 26.7 Å². The first kappa shape index (κ1) is 21.8. The Balaban J connectivity index is 1.84. The maximum absolute atomic E-state index is 12.5. The summed E-state index contributed by atoms with van der Waals surface area (Å²) in [5, 5.41) is 2.72. The molecule has 28 heavy (non-hydrogen) atoms. The van der Waals surface area contributed by atoms with Crippen molar-refractivity contribution >= 4 is 15.7 Å². The zero-order chi connectivity index (χ0) is 20.6. The quantitative estimate of drug-likeness (QED) is 0.603. The number of carbonyl (C=O) groups is 1. The molecule has 5 nitrogen and oxygen atoms in total. The van der Waals surface area contributed by atoms with Crippen LogP contribution in [-0.2, 0) is 16.3 Å². The van der Waals surface area contributed by atoms with E-state index in [-0.39, 0.29) is 5.56 Å². The minimum absolute atomic E-state index is 0.202. The molecule has 0 atom stereocenters. The van der Waals surface area contributed by atoms with Gasteiger partial charge in [0.05, 0.1) is 11.5 Å². The Morgan fingerprint density at radius 1 is 1.07 bits per heavy atom. The summed E-state index contributed by atoms with van der Waals surface area (Å²) in [6, 6.07) is 12.1. The molecule has 152 valence electrons. The first-order valence-electron chi connectivity index (χ1n) is 8.96. The predicted octanol–water partition coefficient (Wildman–Crippen LogP) is 3.83. The average molecular weight is 411 g/mol. The number of benzene rings is 2. The number of unbranched alkanes of at least 4 members (excludes halogenated alkanes) is 1. The molecule has 8 heteroatoms. The Bertz CT molecular complexity index is 866. The lowest BCUT2D eigenvalue weighted by Gasteiger charge is -2.08. The van der Waals surface area contributed by atoms with Crippen molar-refractivity contribution in [1.82, 2.24) is 5.32 Å². The maximum atomic E-state index is 12.5. The first-order chi connectivity index (χ1) is 13.3. The van der Waals surface area contributed by atoms with Crippen LogP contribution >= 0.6 is 0 Å². The largest absolute Gasteiger partial charge is 0.494 e. The van der Waals surface area contributed by atoms with Gasteiger partial charge in [-0.2, -0.15) is 8.78 Å². The minimum atomic E-state index is -4.66. The van der Waals surface area contributed by atoms with Gasteiger partial charge in [-0.25, -0.2) is 8.42 Å². The normalized spacial score (nSPS) is 11.4. The summed E-state index contributed by atoms with van der Waals surface area (Å²) >= 11 is 0. The number of amides is 1. The van der Waals surface area contributed by atoms with Crippen molar-refractivity contribution in [3.8, 4) is 5.75 Å². The Hall–Kier alpha value is -2.48. The maximum Gasteiger partial charge on any atom is 0.341 e. The molecule has 0 heterocycles. The molecular formula is C20H23F2NO4S. The second-order valence-electron chi connectivity index (χ2n) is 6.18. The summed E-state index contributed by atoms with van der Waals surface area (Å²) in [7, 11) is -4.66.